The molecule has 3 N–H and O–H groups in total. The number of carbonyl (C=O) groups is 1. The van der Waals surface area contributed by atoms with Gasteiger partial charge in [0.05, 0.1) is 6.04 Å². The third-order valence-electron chi connectivity index (χ3n) is 6.21. The number of rotatable bonds is 5. The lowest BCUT2D eigenvalue weighted by Gasteiger charge is -2.45. The lowest BCUT2D eigenvalue weighted by molar-refractivity contribution is -0.135. The summed E-state index contributed by atoms with van der Waals surface area (Å²) < 4.78 is 0. The highest BCUT2D eigenvalue weighted by molar-refractivity contribution is 5.88. The monoisotopic (exact) mass is 384 g/mol. The number of hydrogen-bond donors (Lipinski definition) is 3. The first-order chi connectivity index (χ1) is 13.5. The Morgan fingerprint density at radius 2 is 1.86 bits per heavy atom. The summed E-state index contributed by atoms with van der Waals surface area (Å²) in [6.45, 7) is 8.77. The van der Waals surface area contributed by atoms with Crippen molar-refractivity contribution in [3.05, 3.63) is 51.7 Å². The van der Waals surface area contributed by atoms with E-state index >= 15 is 0 Å². The molecule has 2 heterocycles. The molecule has 150 valence electrons. The van der Waals surface area contributed by atoms with Gasteiger partial charge in [0.15, 0.2) is 5.82 Å². The van der Waals surface area contributed by atoms with Gasteiger partial charge in [-0.25, -0.2) is 9.89 Å². The summed E-state index contributed by atoms with van der Waals surface area (Å²) >= 11 is 0. The van der Waals surface area contributed by atoms with Crippen LogP contribution < -0.4 is 11.0 Å². The number of likely N-dealkylation sites (N-methyl/N-ethyl adjacent to an activating group) is 1. The standard InChI is InChI=1S/C20H28N6O2/c1-3-25-8-10-26(11-9-25)20(12-15-6-4-5-7-16(15)13-20)18(27)21-14(2)17-22-19(28)24-23-17/h4-7,14H,3,8-13H2,1-2H3,(H,21,27)(H2,22,23,24,28). The largest absolute Gasteiger partial charge is 0.345 e. The van der Waals surface area contributed by atoms with Crippen molar-refractivity contribution in [1.82, 2.24) is 30.3 Å². The van der Waals surface area contributed by atoms with Crippen LogP contribution in [-0.2, 0) is 17.6 Å². The van der Waals surface area contributed by atoms with Crippen molar-refractivity contribution in [1.29, 1.82) is 0 Å². The van der Waals surface area contributed by atoms with Crippen molar-refractivity contribution in [3.8, 4) is 0 Å². The molecule has 8 nitrogen and oxygen atoms in total. The molecular formula is C20H28N6O2. The lowest BCUT2D eigenvalue weighted by atomic mass is 9.90. The number of nitrogens with zero attached hydrogens (tertiary/aromatic N) is 3. The maximum atomic E-state index is 13.6. The van der Waals surface area contributed by atoms with Crippen LogP contribution in [-0.4, -0.2) is 69.2 Å². The fourth-order valence-corrected chi connectivity index (χ4v) is 4.50. The lowest BCUT2D eigenvalue weighted by Crippen LogP contribution is -2.64. The Morgan fingerprint density at radius 3 is 2.39 bits per heavy atom. The number of nitrogens with one attached hydrogen (secondary N) is 3. The van der Waals surface area contributed by atoms with Crippen LogP contribution in [0.25, 0.3) is 0 Å². The van der Waals surface area contributed by atoms with Crippen LogP contribution >= 0.6 is 0 Å². The zero-order valence-electron chi connectivity index (χ0n) is 16.5. The van der Waals surface area contributed by atoms with Crippen molar-refractivity contribution in [2.75, 3.05) is 32.7 Å². The van der Waals surface area contributed by atoms with Gasteiger partial charge in [0.25, 0.3) is 0 Å². The maximum Gasteiger partial charge on any atom is 0.340 e. The number of aromatic amines is 2. The highest BCUT2D eigenvalue weighted by Gasteiger charge is 2.49. The van der Waals surface area contributed by atoms with Gasteiger partial charge in [-0.2, -0.15) is 5.10 Å². The fraction of sp³-hybridized carbons (Fsp3) is 0.550. The van der Waals surface area contributed by atoms with E-state index in [1.807, 2.05) is 19.1 Å². The molecule has 1 unspecified atom stereocenters. The predicted molar refractivity (Wildman–Crippen MR) is 106 cm³/mol. The zero-order valence-corrected chi connectivity index (χ0v) is 16.5. The van der Waals surface area contributed by atoms with E-state index in [2.05, 4.69) is 49.4 Å². The average molecular weight is 384 g/mol. The second-order valence-corrected chi connectivity index (χ2v) is 7.83. The smallest absolute Gasteiger partial charge is 0.340 e. The first-order valence-electron chi connectivity index (χ1n) is 10.0. The Balaban J connectivity index is 1.59. The number of aromatic nitrogens is 3. The molecule has 4 rings (SSSR count). The SMILES string of the molecule is CCN1CCN(C2(C(=O)NC(C)c3n[nH]c(=O)[nH]3)Cc3ccccc3C2)CC1. The Labute approximate surface area is 164 Å². The number of hydrogen-bond acceptors (Lipinski definition) is 5. The summed E-state index contributed by atoms with van der Waals surface area (Å²) in [6.07, 6.45) is 1.43. The first-order valence-corrected chi connectivity index (χ1v) is 10.0. The molecule has 1 amide bonds. The quantitative estimate of drug-likeness (QED) is 0.696. The van der Waals surface area contributed by atoms with E-state index in [9.17, 15) is 9.59 Å². The van der Waals surface area contributed by atoms with E-state index in [1.165, 1.54) is 11.1 Å². The summed E-state index contributed by atoms with van der Waals surface area (Å²) in [4.78, 5) is 32.3. The second-order valence-electron chi connectivity index (χ2n) is 7.83. The summed E-state index contributed by atoms with van der Waals surface area (Å²) in [7, 11) is 0. The number of amides is 1. The minimum absolute atomic E-state index is 0.00463. The van der Waals surface area contributed by atoms with Crippen molar-refractivity contribution in [2.24, 2.45) is 0 Å². The van der Waals surface area contributed by atoms with Crippen molar-refractivity contribution in [3.63, 3.8) is 0 Å². The predicted octanol–water partition coefficient (Wildman–Crippen LogP) is 0.450. The van der Waals surface area contributed by atoms with E-state index in [4.69, 9.17) is 0 Å². The highest BCUT2D eigenvalue weighted by Crippen LogP contribution is 2.36. The third kappa shape index (κ3) is 3.38. The molecule has 1 aliphatic heterocycles. The summed E-state index contributed by atoms with van der Waals surface area (Å²) in [5.74, 6) is 0.449. The number of piperazine rings is 1. The van der Waals surface area contributed by atoms with Gasteiger partial charge < -0.3 is 10.2 Å². The van der Waals surface area contributed by atoms with Gasteiger partial charge in [-0.05, 0) is 24.6 Å². The van der Waals surface area contributed by atoms with Crippen LogP contribution in [0.1, 0.15) is 36.8 Å². The number of fused-ring (bicyclic) bond motifs is 1. The minimum atomic E-state index is -0.589. The van der Waals surface area contributed by atoms with Gasteiger partial charge in [0.2, 0.25) is 5.91 Å². The van der Waals surface area contributed by atoms with Gasteiger partial charge >= 0.3 is 5.69 Å². The molecule has 1 aromatic carbocycles. The third-order valence-corrected chi connectivity index (χ3v) is 6.21. The molecule has 0 saturated carbocycles. The van der Waals surface area contributed by atoms with Crippen molar-refractivity contribution < 1.29 is 4.79 Å². The van der Waals surface area contributed by atoms with Crippen molar-refractivity contribution >= 4 is 5.91 Å². The van der Waals surface area contributed by atoms with Crippen LogP contribution in [0.2, 0.25) is 0 Å². The molecule has 1 saturated heterocycles. The molecule has 8 heteroatoms. The maximum absolute atomic E-state index is 13.6. The molecule has 1 aliphatic carbocycles. The fourth-order valence-electron chi connectivity index (χ4n) is 4.50. The van der Waals surface area contributed by atoms with Crippen LogP contribution in [0.5, 0.6) is 0 Å². The number of benzene rings is 1. The molecular weight excluding hydrogens is 356 g/mol. The summed E-state index contributed by atoms with van der Waals surface area (Å²) in [5.41, 5.74) is 1.54. The van der Waals surface area contributed by atoms with Crippen LogP contribution in [0.15, 0.2) is 29.1 Å². The van der Waals surface area contributed by atoms with Gasteiger partial charge in [-0.3, -0.25) is 14.7 Å². The Kier molecular flexibility index (Phi) is 5.07. The Hall–Kier alpha value is -2.45. The molecule has 1 atom stereocenters. The molecule has 0 bridgehead atoms. The normalized spacial score (nSPS) is 20.6. The molecule has 1 fully saturated rings. The van der Waals surface area contributed by atoms with Gasteiger partial charge in [-0.1, -0.05) is 31.2 Å². The Bertz CT molecular complexity index is 871. The van der Waals surface area contributed by atoms with Crippen molar-refractivity contribution in [2.45, 2.75) is 38.3 Å². The van der Waals surface area contributed by atoms with Gasteiger partial charge in [0.1, 0.15) is 5.54 Å². The first kappa shape index (κ1) is 18.9. The molecule has 2 aliphatic rings. The topological polar surface area (TPSA) is 97.1 Å². The van der Waals surface area contributed by atoms with Gasteiger partial charge in [-0.15, -0.1) is 0 Å². The van der Waals surface area contributed by atoms with E-state index in [1.54, 1.807) is 0 Å². The molecule has 1 aromatic heterocycles. The average Bonchev–Trinajstić information content (AvgIpc) is 3.32. The van der Waals surface area contributed by atoms with E-state index in [0.717, 1.165) is 32.7 Å². The van der Waals surface area contributed by atoms with E-state index in [0.29, 0.717) is 18.7 Å². The Morgan fingerprint density at radius 1 is 1.21 bits per heavy atom. The number of carbonyl (C=O) groups excluding carboxylic acids is 1. The number of H-pyrrole nitrogens is 2. The van der Waals surface area contributed by atoms with E-state index in [-0.39, 0.29) is 17.6 Å². The molecule has 0 spiro atoms. The molecule has 28 heavy (non-hydrogen) atoms. The molecule has 2 aromatic rings. The second kappa shape index (κ2) is 7.52. The highest BCUT2D eigenvalue weighted by atomic mass is 16.2. The van der Waals surface area contributed by atoms with Crippen LogP contribution in [0, 0.1) is 0 Å². The van der Waals surface area contributed by atoms with E-state index < -0.39 is 5.54 Å². The van der Waals surface area contributed by atoms with Crippen LogP contribution in [0.4, 0.5) is 0 Å². The molecule has 0 radical (unpaired) electrons. The zero-order chi connectivity index (χ0) is 19.7. The minimum Gasteiger partial charge on any atom is -0.345 e. The summed E-state index contributed by atoms with van der Waals surface area (Å²) in [5, 5.41) is 9.43. The summed E-state index contributed by atoms with van der Waals surface area (Å²) in [6, 6.07) is 7.96. The van der Waals surface area contributed by atoms with Crippen LogP contribution in [0.3, 0.4) is 0 Å². The van der Waals surface area contributed by atoms with Gasteiger partial charge in [0, 0.05) is 39.0 Å².